The van der Waals surface area contributed by atoms with Crippen molar-refractivity contribution in [3.05, 3.63) is 70.8 Å². The molecule has 0 spiro atoms. The van der Waals surface area contributed by atoms with Crippen molar-refractivity contribution in [2.24, 2.45) is 0 Å². The highest BCUT2D eigenvalue weighted by Crippen LogP contribution is 2.32. The quantitative estimate of drug-likeness (QED) is 0.240. The van der Waals surface area contributed by atoms with Crippen molar-refractivity contribution in [1.29, 1.82) is 0 Å². The molecule has 0 N–H and O–H groups in total. The lowest BCUT2D eigenvalue weighted by Gasteiger charge is -2.26. The van der Waals surface area contributed by atoms with Crippen LogP contribution in [-0.4, -0.2) is 45.2 Å². The zero-order chi connectivity index (χ0) is 27.0. The highest BCUT2D eigenvalue weighted by atomic mass is 16.8. The maximum atomic E-state index is 11.0. The molecule has 0 aromatic heterocycles. The minimum Gasteiger partial charge on any atom is -0.465 e. The average Bonchev–Trinajstić information content (AvgIpc) is 3.35. The first-order chi connectivity index (χ1) is 17.4. The standard InChI is InChI=1S/C26H32O6.2C2H6/c1-26(2,21-10-4-19(5-11-21)8-14-23(29-3)16-30-18-27)22-12-6-20(7-13-22)9-15-24-17-31-25(28)32-24;2*1-2/h4-7,10-13,18,23-24H,8-9,14-17H2,1-3H3;2*1-2H3. The summed E-state index contributed by atoms with van der Waals surface area (Å²) in [5.74, 6) is 0. The van der Waals surface area contributed by atoms with Gasteiger partial charge in [0, 0.05) is 12.5 Å². The minimum atomic E-state index is -0.566. The molecule has 2 aromatic rings. The Balaban J connectivity index is 0.00000154. The summed E-state index contributed by atoms with van der Waals surface area (Å²) in [5, 5.41) is 0. The molecule has 200 valence electrons. The highest BCUT2D eigenvalue weighted by molar-refractivity contribution is 5.61. The van der Waals surface area contributed by atoms with Gasteiger partial charge in [-0.05, 0) is 47.9 Å². The molecule has 1 aliphatic rings. The molecule has 3 rings (SSSR count). The summed E-state index contributed by atoms with van der Waals surface area (Å²) in [5.41, 5.74) is 4.81. The molecular formula is C30H44O6. The van der Waals surface area contributed by atoms with Crippen LogP contribution in [0.1, 0.15) is 76.6 Å². The van der Waals surface area contributed by atoms with Crippen molar-refractivity contribution in [3.63, 3.8) is 0 Å². The SMILES string of the molecule is CC.CC.COC(CCc1ccc(C(C)(C)c2ccc(CCC3COC(=O)O3)cc2)cc1)COC=O. The van der Waals surface area contributed by atoms with Crippen LogP contribution in [0.15, 0.2) is 48.5 Å². The molecule has 2 aromatic carbocycles. The van der Waals surface area contributed by atoms with E-state index < -0.39 is 6.16 Å². The van der Waals surface area contributed by atoms with Gasteiger partial charge in [0.15, 0.2) is 0 Å². The largest absolute Gasteiger partial charge is 0.508 e. The Morgan fingerprint density at radius 3 is 1.92 bits per heavy atom. The summed E-state index contributed by atoms with van der Waals surface area (Å²) in [6, 6.07) is 17.3. The lowest BCUT2D eigenvalue weighted by Crippen LogP contribution is -2.20. The summed E-state index contributed by atoms with van der Waals surface area (Å²) < 4.78 is 20.1. The molecule has 1 heterocycles. The van der Waals surface area contributed by atoms with Gasteiger partial charge in [-0.2, -0.15) is 0 Å². The molecule has 6 heteroatoms. The van der Waals surface area contributed by atoms with E-state index in [-0.39, 0.29) is 24.2 Å². The summed E-state index contributed by atoms with van der Waals surface area (Å²) in [7, 11) is 1.63. The van der Waals surface area contributed by atoms with Gasteiger partial charge in [-0.15, -0.1) is 0 Å². The molecule has 0 saturated carbocycles. The number of rotatable bonds is 12. The van der Waals surface area contributed by atoms with Crippen molar-refractivity contribution in [2.45, 2.75) is 84.8 Å². The summed E-state index contributed by atoms with van der Waals surface area (Å²) in [6.07, 6.45) is 2.46. The van der Waals surface area contributed by atoms with Crippen molar-refractivity contribution < 1.29 is 28.5 Å². The van der Waals surface area contributed by atoms with E-state index in [9.17, 15) is 9.59 Å². The Morgan fingerprint density at radius 1 is 0.944 bits per heavy atom. The Kier molecular flexibility index (Phi) is 14.5. The van der Waals surface area contributed by atoms with Crippen molar-refractivity contribution in [3.8, 4) is 0 Å². The fourth-order valence-corrected chi connectivity index (χ4v) is 3.92. The van der Waals surface area contributed by atoms with Crippen LogP contribution in [0.3, 0.4) is 0 Å². The van der Waals surface area contributed by atoms with Crippen molar-refractivity contribution in [1.82, 2.24) is 0 Å². The van der Waals surface area contributed by atoms with E-state index in [1.807, 2.05) is 27.7 Å². The molecule has 1 saturated heterocycles. The third-order valence-electron chi connectivity index (χ3n) is 6.19. The second-order valence-corrected chi connectivity index (χ2v) is 8.68. The summed E-state index contributed by atoms with van der Waals surface area (Å²) >= 11 is 0. The second-order valence-electron chi connectivity index (χ2n) is 8.68. The number of ether oxygens (including phenoxy) is 4. The predicted molar refractivity (Wildman–Crippen MR) is 143 cm³/mol. The zero-order valence-corrected chi connectivity index (χ0v) is 23.0. The Hall–Kier alpha value is -2.86. The van der Waals surface area contributed by atoms with Crippen LogP contribution >= 0.6 is 0 Å². The van der Waals surface area contributed by atoms with E-state index >= 15 is 0 Å². The maximum Gasteiger partial charge on any atom is 0.508 e. The van der Waals surface area contributed by atoms with E-state index in [1.165, 1.54) is 22.3 Å². The Labute approximate surface area is 217 Å². The van der Waals surface area contributed by atoms with Gasteiger partial charge in [-0.25, -0.2) is 4.79 Å². The second kappa shape index (κ2) is 16.7. The molecule has 2 atom stereocenters. The minimum absolute atomic E-state index is 0.0944. The molecule has 0 aliphatic carbocycles. The van der Waals surface area contributed by atoms with Crippen LogP contribution in [-0.2, 0) is 42.0 Å². The van der Waals surface area contributed by atoms with Gasteiger partial charge in [0.2, 0.25) is 0 Å². The van der Waals surface area contributed by atoms with Crippen LogP contribution in [0, 0.1) is 0 Å². The van der Waals surface area contributed by atoms with E-state index in [1.54, 1.807) is 7.11 Å². The average molecular weight is 501 g/mol. The number of carbonyl (C=O) groups is 2. The van der Waals surface area contributed by atoms with E-state index in [2.05, 4.69) is 62.4 Å². The summed E-state index contributed by atoms with van der Waals surface area (Å²) in [4.78, 5) is 21.4. The van der Waals surface area contributed by atoms with Crippen LogP contribution in [0.2, 0.25) is 0 Å². The van der Waals surface area contributed by atoms with Crippen molar-refractivity contribution >= 4 is 12.6 Å². The van der Waals surface area contributed by atoms with Gasteiger partial charge in [-0.1, -0.05) is 90.1 Å². The highest BCUT2D eigenvalue weighted by Gasteiger charge is 2.25. The smallest absolute Gasteiger partial charge is 0.465 e. The third kappa shape index (κ3) is 9.65. The van der Waals surface area contributed by atoms with Gasteiger partial charge in [0.05, 0.1) is 6.10 Å². The van der Waals surface area contributed by atoms with Crippen LogP contribution < -0.4 is 0 Å². The van der Waals surface area contributed by atoms with Crippen LogP contribution in [0.5, 0.6) is 0 Å². The molecule has 6 nitrogen and oxygen atoms in total. The molecular weight excluding hydrogens is 456 g/mol. The fourth-order valence-electron chi connectivity index (χ4n) is 3.92. The van der Waals surface area contributed by atoms with Crippen LogP contribution in [0.25, 0.3) is 0 Å². The lowest BCUT2D eigenvalue weighted by molar-refractivity contribution is -0.132. The van der Waals surface area contributed by atoms with Crippen molar-refractivity contribution in [2.75, 3.05) is 20.3 Å². The molecule has 1 fully saturated rings. The van der Waals surface area contributed by atoms with Gasteiger partial charge >= 0.3 is 6.16 Å². The molecule has 0 bridgehead atoms. The Morgan fingerprint density at radius 2 is 1.47 bits per heavy atom. The Bertz CT molecular complexity index is 873. The summed E-state index contributed by atoms with van der Waals surface area (Å²) in [6.45, 7) is 13.5. The first-order valence-corrected chi connectivity index (χ1v) is 13.0. The number of cyclic esters (lactones) is 2. The maximum absolute atomic E-state index is 11.0. The van der Waals surface area contributed by atoms with Crippen LogP contribution in [0.4, 0.5) is 4.79 Å². The van der Waals surface area contributed by atoms with E-state index in [4.69, 9.17) is 18.9 Å². The lowest BCUT2D eigenvalue weighted by atomic mass is 9.77. The topological polar surface area (TPSA) is 71.1 Å². The molecule has 2 unspecified atom stereocenters. The molecule has 36 heavy (non-hydrogen) atoms. The number of hydrogen-bond donors (Lipinski definition) is 0. The predicted octanol–water partition coefficient (Wildman–Crippen LogP) is 6.65. The molecule has 0 radical (unpaired) electrons. The van der Waals surface area contributed by atoms with Gasteiger partial charge in [0.1, 0.15) is 19.3 Å². The number of benzene rings is 2. The number of aryl methyl sites for hydroxylation is 2. The van der Waals surface area contributed by atoms with E-state index in [0.717, 1.165) is 25.7 Å². The molecule has 0 amide bonds. The first kappa shape index (κ1) is 31.2. The van der Waals surface area contributed by atoms with Gasteiger partial charge in [0.25, 0.3) is 6.47 Å². The first-order valence-electron chi connectivity index (χ1n) is 13.0. The van der Waals surface area contributed by atoms with Gasteiger partial charge in [-0.3, -0.25) is 4.79 Å². The fraction of sp³-hybridized carbons (Fsp3) is 0.533. The van der Waals surface area contributed by atoms with E-state index in [0.29, 0.717) is 13.1 Å². The number of carbonyl (C=O) groups excluding carboxylic acids is 2. The monoisotopic (exact) mass is 500 g/mol. The molecule has 1 aliphatic heterocycles. The normalized spacial score (nSPS) is 15.3. The third-order valence-corrected chi connectivity index (χ3v) is 6.19. The number of hydrogen-bond acceptors (Lipinski definition) is 6. The van der Waals surface area contributed by atoms with Gasteiger partial charge < -0.3 is 18.9 Å². The number of methoxy groups -OCH3 is 1. The zero-order valence-electron chi connectivity index (χ0n) is 23.0.